The first-order valence-electron chi connectivity index (χ1n) is 9.15. The van der Waals surface area contributed by atoms with Gasteiger partial charge in [-0.05, 0) is 37.1 Å². The van der Waals surface area contributed by atoms with E-state index in [1.54, 1.807) is 19.2 Å². The zero-order valence-corrected chi connectivity index (χ0v) is 15.7. The summed E-state index contributed by atoms with van der Waals surface area (Å²) in [4.78, 5) is 24.6. The summed E-state index contributed by atoms with van der Waals surface area (Å²) >= 11 is 0. The number of carbonyl (C=O) groups excluding carboxylic acids is 1. The Bertz CT molecular complexity index is 774. The molecule has 1 aromatic carbocycles. The molecule has 1 aromatic heterocycles. The molecule has 0 aliphatic rings. The second kappa shape index (κ2) is 9.31. The quantitative estimate of drug-likeness (QED) is 0.746. The van der Waals surface area contributed by atoms with Gasteiger partial charge in [-0.1, -0.05) is 26.7 Å². The van der Waals surface area contributed by atoms with Crippen LogP contribution in [0.5, 0.6) is 0 Å². The Labute approximate surface area is 153 Å². The molecule has 1 amide bonds. The molecule has 0 aliphatic carbocycles. The maximum atomic E-state index is 13.1. The van der Waals surface area contributed by atoms with Gasteiger partial charge in [0.15, 0.2) is 5.82 Å². The maximum absolute atomic E-state index is 13.1. The number of halogens is 1. The van der Waals surface area contributed by atoms with Crippen LogP contribution in [0.2, 0.25) is 0 Å². The van der Waals surface area contributed by atoms with Crippen LogP contribution in [0.3, 0.4) is 0 Å². The Balaban J connectivity index is 2.02. The summed E-state index contributed by atoms with van der Waals surface area (Å²) in [6.07, 6.45) is 3.69. The molecule has 0 fully saturated rings. The lowest BCUT2D eigenvalue weighted by Gasteiger charge is -2.14. The molecule has 0 bridgehead atoms. The Morgan fingerprint density at radius 1 is 1.19 bits per heavy atom. The zero-order chi connectivity index (χ0) is 19.1. The fourth-order valence-electron chi connectivity index (χ4n) is 3.02. The molecule has 0 atom stereocenters. The molecule has 2 rings (SSSR count). The van der Waals surface area contributed by atoms with Crippen LogP contribution >= 0.6 is 0 Å². The normalized spacial score (nSPS) is 11.1. The van der Waals surface area contributed by atoms with Crippen LogP contribution in [0.25, 0.3) is 11.4 Å². The van der Waals surface area contributed by atoms with E-state index in [4.69, 9.17) is 0 Å². The topological polar surface area (TPSA) is 68.9 Å². The summed E-state index contributed by atoms with van der Waals surface area (Å²) in [6, 6.07) is 5.84. The molecule has 6 nitrogen and oxygen atoms in total. The van der Waals surface area contributed by atoms with Crippen molar-refractivity contribution in [3.8, 4) is 11.4 Å². The highest BCUT2D eigenvalue weighted by Gasteiger charge is 2.17. The molecule has 0 spiro atoms. The van der Waals surface area contributed by atoms with Gasteiger partial charge in [0.25, 0.3) is 0 Å². The molecule has 0 saturated carbocycles. The highest BCUT2D eigenvalue weighted by Crippen LogP contribution is 2.15. The highest BCUT2D eigenvalue weighted by atomic mass is 19.1. The van der Waals surface area contributed by atoms with E-state index in [2.05, 4.69) is 24.3 Å². The lowest BCUT2D eigenvalue weighted by molar-refractivity contribution is -0.125. The third-order valence-electron chi connectivity index (χ3n) is 4.41. The predicted molar refractivity (Wildman–Crippen MR) is 99.2 cm³/mol. The fraction of sp³-hybridized carbons (Fsp3) is 0.526. The molecule has 0 aliphatic heterocycles. The number of carbonyl (C=O) groups is 1. The third-order valence-corrected chi connectivity index (χ3v) is 4.41. The van der Waals surface area contributed by atoms with Crippen molar-refractivity contribution in [2.75, 3.05) is 6.54 Å². The number of hydrogen-bond acceptors (Lipinski definition) is 3. The summed E-state index contributed by atoms with van der Waals surface area (Å²) < 4.78 is 15.8. The summed E-state index contributed by atoms with van der Waals surface area (Å²) in [5.74, 6) is 0.197. The first kappa shape index (κ1) is 19.9. The minimum absolute atomic E-state index is 0.0280. The van der Waals surface area contributed by atoms with Gasteiger partial charge in [0.05, 0.1) is 6.54 Å². The van der Waals surface area contributed by atoms with E-state index < -0.39 is 0 Å². The average Bonchev–Trinajstić information content (AvgIpc) is 2.91. The molecule has 0 unspecified atom stereocenters. The summed E-state index contributed by atoms with van der Waals surface area (Å²) in [6.45, 7) is 4.79. The molecule has 1 N–H and O–H groups in total. The number of aromatic nitrogens is 3. The van der Waals surface area contributed by atoms with E-state index >= 15 is 0 Å². The van der Waals surface area contributed by atoms with Gasteiger partial charge in [-0.15, -0.1) is 5.10 Å². The van der Waals surface area contributed by atoms with E-state index in [1.807, 2.05) is 0 Å². The van der Waals surface area contributed by atoms with Crippen molar-refractivity contribution in [1.29, 1.82) is 0 Å². The minimum atomic E-state index is -0.338. The molecule has 0 radical (unpaired) electrons. The van der Waals surface area contributed by atoms with Gasteiger partial charge in [0.1, 0.15) is 5.82 Å². The molecule has 26 heavy (non-hydrogen) atoms. The van der Waals surface area contributed by atoms with E-state index in [0.29, 0.717) is 24.5 Å². The lowest BCUT2D eigenvalue weighted by atomic mass is 9.97. The summed E-state index contributed by atoms with van der Waals surface area (Å²) in [7, 11) is 1.63. The molecule has 142 valence electrons. The van der Waals surface area contributed by atoms with Crippen molar-refractivity contribution < 1.29 is 9.18 Å². The van der Waals surface area contributed by atoms with Crippen LogP contribution in [0.15, 0.2) is 29.1 Å². The van der Waals surface area contributed by atoms with E-state index in [1.165, 1.54) is 21.4 Å². The van der Waals surface area contributed by atoms with Crippen LogP contribution in [0.1, 0.15) is 39.5 Å². The van der Waals surface area contributed by atoms with Crippen molar-refractivity contribution >= 4 is 5.91 Å². The molecule has 2 aromatic rings. The zero-order valence-electron chi connectivity index (χ0n) is 15.7. The molecule has 1 heterocycles. The smallest absolute Gasteiger partial charge is 0.345 e. The Kier molecular flexibility index (Phi) is 7.12. The first-order valence-corrected chi connectivity index (χ1v) is 9.15. The standard InChI is InChI=1S/C19H27FN4O2/c1-4-6-15(7-5-2)18(25)21-12-13-24-19(26)23(3)17(22-24)14-8-10-16(20)11-9-14/h8-11,15H,4-7,12-13H2,1-3H3,(H,21,25). The lowest BCUT2D eigenvalue weighted by Crippen LogP contribution is -2.35. The number of amides is 1. The number of nitrogens with zero attached hydrogens (tertiary/aromatic N) is 3. The fourth-order valence-corrected chi connectivity index (χ4v) is 3.02. The Hall–Kier alpha value is -2.44. The Morgan fingerprint density at radius 2 is 1.81 bits per heavy atom. The summed E-state index contributed by atoms with van der Waals surface area (Å²) in [5.41, 5.74) is 0.400. The second-order valence-electron chi connectivity index (χ2n) is 6.46. The largest absolute Gasteiger partial charge is 0.354 e. The van der Waals surface area contributed by atoms with E-state index in [9.17, 15) is 14.0 Å². The van der Waals surface area contributed by atoms with Gasteiger partial charge in [-0.3, -0.25) is 9.36 Å². The highest BCUT2D eigenvalue weighted by molar-refractivity contribution is 5.78. The van der Waals surface area contributed by atoms with Crippen LogP contribution in [0.4, 0.5) is 4.39 Å². The van der Waals surface area contributed by atoms with Crippen molar-refractivity contribution in [2.45, 2.75) is 46.1 Å². The number of rotatable bonds is 9. The first-order chi connectivity index (χ1) is 12.5. The SMILES string of the molecule is CCCC(CCC)C(=O)NCCn1nc(-c2ccc(F)cc2)n(C)c1=O. The van der Waals surface area contributed by atoms with Gasteiger partial charge < -0.3 is 5.32 Å². The molecular formula is C19H27FN4O2. The average molecular weight is 362 g/mol. The Morgan fingerprint density at radius 3 is 2.38 bits per heavy atom. The van der Waals surface area contributed by atoms with Crippen molar-refractivity contribution in [3.05, 3.63) is 40.6 Å². The minimum Gasteiger partial charge on any atom is -0.354 e. The second-order valence-corrected chi connectivity index (χ2v) is 6.46. The molecular weight excluding hydrogens is 335 g/mol. The monoisotopic (exact) mass is 362 g/mol. The number of nitrogens with one attached hydrogen (secondary N) is 1. The van der Waals surface area contributed by atoms with Gasteiger partial charge in [-0.2, -0.15) is 0 Å². The van der Waals surface area contributed by atoms with Crippen LogP contribution in [0, 0.1) is 11.7 Å². The van der Waals surface area contributed by atoms with Crippen LogP contribution in [-0.4, -0.2) is 26.8 Å². The predicted octanol–water partition coefficient (Wildman–Crippen LogP) is 2.72. The van der Waals surface area contributed by atoms with Gasteiger partial charge in [0.2, 0.25) is 5.91 Å². The van der Waals surface area contributed by atoms with Crippen molar-refractivity contribution in [3.63, 3.8) is 0 Å². The van der Waals surface area contributed by atoms with Gasteiger partial charge in [0, 0.05) is 25.1 Å². The van der Waals surface area contributed by atoms with E-state index in [-0.39, 0.29) is 23.3 Å². The van der Waals surface area contributed by atoms with Crippen LogP contribution in [-0.2, 0) is 18.4 Å². The summed E-state index contributed by atoms with van der Waals surface area (Å²) in [5, 5.41) is 7.22. The molecule has 0 saturated heterocycles. The van der Waals surface area contributed by atoms with Crippen LogP contribution < -0.4 is 11.0 Å². The number of hydrogen-bond donors (Lipinski definition) is 1. The van der Waals surface area contributed by atoms with Gasteiger partial charge in [-0.25, -0.2) is 13.9 Å². The third kappa shape index (κ3) is 4.80. The number of benzene rings is 1. The van der Waals surface area contributed by atoms with Crippen molar-refractivity contribution in [2.24, 2.45) is 13.0 Å². The van der Waals surface area contributed by atoms with E-state index in [0.717, 1.165) is 25.7 Å². The maximum Gasteiger partial charge on any atom is 0.345 e. The van der Waals surface area contributed by atoms with Gasteiger partial charge >= 0.3 is 5.69 Å². The molecule has 7 heteroatoms. The van der Waals surface area contributed by atoms with Crippen molar-refractivity contribution in [1.82, 2.24) is 19.7 Å².